The molecule has 100 valence electrons. The molecular weight excluding hydrogens is 338 g/mol. The lowest BCUT2D eigenvalue weighted by Crippen LogP contribution is -2.11. The third-order valence-corrected chi connectivity index (χ3v) is 3.08. The number of halogens is 2. The molecule has 0 aromatic carbocycles. The highest BCUT2D eigenvalue weighted by Crippen LogP contribution is 2.22. The van der Waals surface area contributed by atoms with E-state index in [9.17, 15) is 10.1 Å². The van der Waals surface area contributed by atoms with E-state index in [0.717, 1.165) is 4.47 Å². The van der Waals surface area contributed by atoms with Gasteiger partial charge in [0, 0.05) is 12.7 Å². The zero-order chi connectivity index (χ0) is 13.8. The van der Waals surface area contributed by atoms with Crippen molar-refractivity contribution in [2.24, 2.45) is 0 Å². The third-order valence-electron chi connectivity index (χ3n) is 2.27. The normalized spacial score (nSPS) is 10.4. The summed E-state index contributed by atoms with van der Waals surface area (Å²) in [4.78, 5) is 14.1. The average Bonchev–Trinajstić information content (AvgIpc) is 2.81. The van der Waals surface area contributed by atoms with Crippen LogP contribution in [0.15, 0.2) is 29.1 Å². The van der Waals surface area contributed by atoms with Gasteiger partial charge in [0.1, 0.15) is 18.2 Å². The van der Waals surface area contributed by atoms with Crippen LogP contribution in [0.4, 0.5) is 11.5 Å². The molecule has 19 heavy (non-hydrogen) atoms. The quantitative estimate of drug-likeness (QED) is 0.664. The van der Waals surface area contributed by atoms with E-state index in [0.29, 0.717) is 23.9 Å². The summed E-state index contributed by atoms with van der Waals surface area (Å²) in [7, 11) is 0. The SMILES string of the molecule is O=[N+]([O-])c1cnn(CCNc2ncc(Cl)cc2Br)c1. The lowest BCUT2D eigenvalue weighted by Gasteiger charge is -2.07. The maximum absolute atomic E-state index is 10.5. The van der Waals surface area contributed by atoms with Crippen LogP contribution >= 0.6 is 27.5 Å². The van der Waals surface area contributed by atoms with Crippen molar-refractivity contribution in [1.29, 1.82) is 0 Å². The second kappa shape index (κ2) is 5.98. The number of rotatable bonds is 5. The van der Waals surface area contributed by atoms with Crippen LogP contribution < -0.4 is 5.32 Å². The summed E-state index contributed by atoms with van der Waals surface area (Å²) in [6.07, 6.45) is 4.13. The Bertz CT molecular complexity index is 603. The Morgan fingerprint density at radius 2 is 2.32 bits per heavy atom. The van der Waals surface area contributed by atoms with Crippen molar-refractivity contribution in [1.82, 2.24) is 14.8 Å². The van der Waals surface area contributed by atoms with Crippen LogP contribution in [0.5, 0.6) is 0 Å². The number of hydrogen-bond acceptors (Lipinski definition) is 5. The molecule has 2 aromatic rings. The summed E-state index contributed by atoms with van der Waals surface area (Å²) in [6.45, 7) is 1.02. The number of nitro groups is 1. The lowest BCUT2D eigenvalue weighted by molar-refractivity contribution is -0.385. The van der Waals surface area contributed by atoms with Gasteiger partial charge in [-0.05, 0) is 22.0 Å². The molecule has 0 atom stereocenters. The summed E-state index contributed by atoms with van der Waals surface area (Å²) in [5.74, 6) is 0.658. The fraction of sp³-hybridized carbons (Fsp3) is 0.200. The molecule has 0 unspecified atom stereocenters. The summed E-state index contributed by atoms with van der Waals surface area (Å²) in [5, 5.41) is 18.0. The molecule has 0 bridgehead atoms. The monoisotopic (exact) mass is 345 g/mol. The molecule has 0 saturated heterocycles. The van der Waals surface area contributed by atoms with E-state index in [1.807, 2.05) is 0 Å². The predicted octanol–water partition coefficient (Wildman–Crippen LogP) is 2.71. The zero-order valence-corrected chi connectivity index (χ0v) is 11.9. The molecule has 0 aliphatic rings. The molecule has 2 aromatic heterocycles. The molecule has 2 heterocycles. The van der Waals surface area contributed by atoms with Crippen molar-refractivity contribution in [2.75, 3.05) is 11.9 Å². The Hall–Kier alpha value is -1.67. The fourth-order valence-electron chi connectivity index (χ4n) is 1.40. The van der Waals surface area contributed by atoms with Gasteiger partial charge in [-0.25, -0.2) is 4.98 Å². The van der Waals surface area contributed by atoms with E-state index in [4.69, 9.17) is 11.6 Å². The van der Waals surface area contributed by atoms with Gasteiger partial charge in [-0.1, -0.05) is 11.6 Å². The molecule has 0 spiro atoms. The highest BCUT2D eigenvalue weighted by Gasteiger charge is 2.08. The molecule has 0 fully saturated rings. The van der Waals surface area contributed by atoms with Crippen LogP contribution in [-0.4, -0.2) is 26.2 Å². The van der Waals surface area contributed by atoms with E-state index in [1.165, 1.54) is 23.3 Å². The van der Waals surface area contributed by atoms with Crippen molar-refractivity contribution in [3.8, 4) is 0 Å². The van der Waals surface area contributed by atoms with Gasteiger partial charge in [-0.15, -0.1) is 0 Å². The first-order valence-electron chi connectivity index (χ1n) is 5.28. The largest absolute Gasteiger partial charge is 0.367 e. The molecule has 0 amide bonds. The van der Waals surface area contributed by atoms with Crippen molar-refractivity contribution >= 4 is 39.0 Å². The minimum absolute atomic E-state index is 0.0224. The highest BCUT2D eigenvalue weighted by molar-refractivity contribution is 9.10. The molecule has 0 aliphatic carbocycles. The van der Waals surface area contributed by atoms with Crippen LogP contribution in [0.3, 0.4) is 0 Å². The summed E-state index contributed by atoms with van der Waals surface area (Å²) >= 11 is 9.12. The van der Waals surface area contributed by atoms with Gasteiger partial charge in [-0.2, -0.15) is 5.10 Å². The van der Waals surface area contributed by atoms with Crippen molar-refractivity contribution in [2.45, 2.75) is 6.54 Å². The van der Waals surface area contributed by atoms with Crippen molar-refractivity contribution < 1.29 is 4.92 Å². The predicted molar refractivity (Wildman–Crippen MR) is 74.3 cm³/mol. The number of nitrogens with zero attached hydrogens (tertiary/aromatic N) is 4. The highest BCUT2D eigenvalue weighted by atomic mass is 79.9. The summed E-state index contributed by atoms with van der Waals surface area (Å²) in [5.41, 5.74) is -0.0224. The number of pyridine rings is 1. The minimum atomic E-state index is -0.478. The van der Waals surface area contributed by atoms with E-state index < -0.39 is 4.92 Å². The van der Waals surface area contributed by atoms with E-state index in [-0.39, 0.29) is 5.69 Å². The van der Waals surface area contributed by atoms with Crippen LogP contribution in [0.25, 0.3) is 0 Å². The Morgan fingerprint density at radius 3 is 2.95 bits per heavy atom. The minimum Gasteiger partial charge on any atom is -0.367 e. The van der Waals surface area contributed by atoms with Gasteiger partial charge in [-0.3, -0.25) is 14.8 Å². The van der Waals surface area contributed by atoms with E-state index in [1.54, 1.807) is 6.07 Å². The van der Waals surface area contributed by atoms with E-state index in [2.05, 4.69) is 31.3 Å². The van der Waals surface area contributed by atoms with Crippen LogP contribution in [0.2, 0.25) is 5.02 Å². The van der Waals surface area contributed by atoms with Gasteiger partial charge < -0.3 is 5.32 Å². The topological polar surface area (TPSA) is 85.9 Å². The van der Waals surface area contributed by atoms with Crippen molar-refractivity contribution in [3.63, 3.8) is 0 Å². The van der Waals surface area contributed by atoms with Crippen LogP contribution in [0.1, 0.15) is 0 Å². The van der Waals surface area contributed by atoms with Gasteiger partial charge in [0.05, 0.1) is 21.0 Å². The maximum Gasteiger partial charge on any atom is 0.306 e. The fourth-order valence-corrected chi connectivity index (χ4v) is 2.18. The maximum atomic E-state index is 10.5. The Kier molecular flexibility index (Phi) is 4.33. The van der Waals surface area contributed by atoms with E-state index >= 15 is 0 Å². The smallest absolute Gasteiger partial charge is 0.306 e. The lowest BCUT2D eigenvalue weighted by atomic mass is 10.4. The molecular formula is C10H9BrClN5O2. The van der Waals surface area contributed by atoms with Crippen LogP contribution in [-0.2, 0) is 6.54 Å². The van der Waals surface area contributed by atoms with Gasteiger partial charge >= 0.3 is 5.69 Å². The number of aromatic nitrogens is 3. The summed E-state index contributed by atoms with van der Waals surface area (Å²) < 4.78 is 2.25. The second-order valence-electron chi connectivity index (χ2n) is 3.63. The standard InChI is InChI=1S/C10H9BrClN5O2/c11-9-3-7(12)4-14-10(9)13-1-2-16-6-8(5-15-16)17(18)19/h3-6H,1-2H2,(H,13,14). The average molecular weight is 347 g/mol. The first-order valence-corrected chi connectivity index (χ1v) is 6.45. The number of nitrogens with one attached hydrogen (secondary N) is 1. The second-order valence-corrected chi connectivity index (χ2v) is 4.92. The van der Waals surface area contributed by atoms with Gasteiger partial charge in [0.15, 0.2) is 0 Å². The number of hydrogen-bond donors (Lipinski definition) is 1. The molecule has 0 aliphatic heterocycles. The van der Waals surface area contributed by atoms with Gasteiger partial charge in [0.2, 0.25) is 0 Å². The number of anilines is 1. The molecule has 7 nitrogen and oxygen atoms in total. The molecule has 0 radical (unpaired) electrons. The molecule has 1 N–H and O–H groups in total. The molecule has 0 saturated carbocycles. The van der Waals surface area contributed by atoms with Gasteiger partial charge in [0.25, 0.3) is 0 Å². The Balaban J connectivity index is 1.90. The third kappa shape index (κ3) is 3.65. The Labute approximate surface area is 121 Å². The zero-order valence-electron chi connectivity index (χ0n) is 9.58. The first-order chi connectivity index (χ1) is 9.06. The summed E-state index contributed by atoms with van der Waals surface area (Å²) in [6, 6.07) is 1.73. The Morgan fingerprint density at radius 1 is 1.53 bits per heavy atom. The molecule has 2 rings (SSSR count). The molecule has 9 heteroatoms. The van der Waals surface area contributed by atoms with Crippen molar-refractivity contribution in [3.05, 3.63) is 44.3 Å². The van der Waals surface area contributed by atoms with Crippen LogP contribution in [0, 0.1) is 10.1 Å². The first kappa shape index (κ1) is 13.8.